The summed E-state index contributed by atoms with van der Waals surface area (Å²) in [4.78, 5) is 30.6. The molecule has 24 heavy (non-hydrogen) atoms. The third-order valence-electron chi connectivity index (χ3n) is 3.42. The van der Waals surface area contributed by atoms with Crippen molar-refractivity contribution in [1.29, 1.82) is 0 Å². The van der Waals surface area contributed by atoms with Gasteiger partial charge in [0.05, 0.1) is 22.2 Å². The van der Waals surface area contributed by atoms with Crippen molar-refractivity contribution in [3.63, 3.8) is 0 Å². The Kier molecular flexibility index (Phi) is 5.48. The van der Waals surface area contributed by atoms with Gasteiger partial charge in [-0.2, -0.15) is 0 Å². The molecule has 0 spiro atoms. The first-order valence-corrected chi connectivity index (χ1v) is 9.20. The first-order chi connectivity index (χ1) is 11.5. The number of benzene rings is 1. The Labute approximate surface area is 153 Å². The number of aromatic amines is 1. The predicted molar refractivity (Wildman–Crippen MR) is 95.7 cm³/mol. The molecule has 1 aromatic carbocycles. The quantitative estimate of drug-likeness (QED) is 0.593. The van der Waals surface area contributed by atoms with Gasteiger partial charge in [-0.3, -0.25) is 9.59 Å². The van der Waals surface area contributed by atoms with Gasteiger partial charge in [-0.25, -0.2) is 4.98 Å². The largest absolute Gasteiger partial charge is 0.353 e. The minimum absolute atomic E-state index is 0.101. The Morgan fingerprint density at radius 2 is 2.08 bits per heavy atom. The first kappa shape index (κ1) is 17.3. The summed E-state index contributed by atoms with van der Waals surface area (Å²) in [6.45, 7) is 0. The van der Waals surface area contributed by atoms with Crippen LogP contribution in [0.15, 0.2) is 34.2 Å². The van der Waals surface area contributed by atoms with E-state index in [2.05, 4.69) is 15.3 Å². The number of aromatic nitrogens is 2. The van der Waals surface area contributed by atoms with Crippen molar-refractivity contribution in [2.75, 3.05) is 0 Å². The van der Waals surface area contributed by atoms with Crippen LogP contribution in [0.4, 0.5) is 0 Å². The van der Waals surface area contributed by atoms with E-state index in [4.69, 9.17) is 23.2 Å². The number of halogens is 2. The topological polar surface area (TPSA) is 74.8 Å². The third kappa shape index (κ3) is 5.00. The first-order valence-electron chi connectivity index (χ1n) is 7.46. The Hall–Kier alpha value is -1.50. The molecule has 0 saturated heterocycles. The van der Waals surface area contributed by atoms with Crippen molar-refractivity contribution >= 4 is 40.9 Å². The number of thioether (sulfide) groups is 1. The Balaban J connectivity index is 1.65. The van der Waals surface area contributed by atoms with Crippen LogP contribution >= 0.6 is 35.0 Å². The summed E-state index contributed by atoms with van der Waals surface area (Å²) < 4.78 is 0. The van der Waals surface area contributed by atoms with Crippen LogP contribution in [0.2, 0.25) is 10.0 Å². The fraction of sp³-hybridized carbons (Fsp3) is 0.312. The highest BCUT2D eigenvalue weighted by Crippen LogP contribution is 2.26. The van der Waals surface area contributed by atoms with Gasteiger partial charge in [0.2, 0.25) is 5.91 Å². The second-order valence-electron chi connectivity index (χ2n) is 5.60. The second-order valence-corrected chi connectivity index (χ2v) is 7.38. The van der Waals surface area contributed by atoms with E-state index in [1.807, 2.05) is 6.07 Å². The number of rotatable bonds is 6. The van der Waals surface area contributed by atoms with E-state index in [9.17, 15) is 9.59 Å². The average Bonchev–Trinajstić information content (AvgIpc) is 3.31. The van der Waals surface area contributed by atoms with E-state index in [0.29, 0.717) is 32.7 Å². The van der Waals surface area contributed by atoms with E-state index in [1.54, 1.807) is 12.1 Å². The van der Waals surface area contributed by atoms with Crippen LogP contribution < -0.4 is 10.9 Å². The number of amides is 1. The second kappa shape index (κ2) is 7.59. The highest BCUT2D eigenvalue weighted by atomic mass is 35.5. The molecule has 0 aliphatic heterocycles. The van der Waals surface area contributed by atoms with Gasteiger partial charge in [0.25, 0.3) is 5.56 Å². The molecule has 1 aliphatic carbocycles. The molecule has 3 rings (SSSR count). The number of hydrogen-bond acceptors (Lipinski definition) is 4. The number of hydrogen-bond donors (Lipinski definition) is 2. The average molecular weight is 384 g/mol. The zero-order valence-corrected chi connectivity index (χ0v) is 15.0. The van der Waals surface area contributed by atoms with Crippen LogP contribution in [0, 0.1) is 0 Å². The maximum Gasteiger partial charge on any atom is 0.251 e. The van der Waals surface area contributed by atoms with Crippen LogP contribution in [0.3, 0.4) is 0 Å². The van der Waals surface area contributed by atoms with E-state index >= 15 is 0 Å². The van der Waals surface area contributed by atoms with Crippen molar-refractivity contribution < 1.29 is 4.79 Å². The number of nitrogens with one attached hydrogen (secondary N) is 2. The summed E-state index contributed by atoms with van der Waals surface area (Å²) in [6, 6.07) is 7.03. The molecule has 0 unspecified atom stereocenters. The molecule has 1 aliphatic rings. The van der Waals surface area contributed by atoms with Gasteiger partial charge in [0.15, 0.2) is 5.16 Å². The minimum atomic E-state index is -0.268. The van der Waals surface area contributed by atoms with Crippen LogP contribution in [-0.2, 0) is 17.0 Å². The Morgan fingerprint density at radius 1 is 1.29 bits per heavy atom. The van der Waals surface area contributed by atoms with Gasteiger partial charge in [0, 0.05) is 17.9 Å². The molecule has 0 bridgehead atoms. The zero-order valence-electron chi connectivity index (χ0n) is 12.6. The van der Waals surface area contributed by atoms with Crippen molar-refractivity contribution in [2.45, 2.75) is 36.2 Å². The van der Waals surface area contributed by atoms with Crippen LogP contribution in [0.25, 0.3) is 0 Å². The molecule has 0 radical (unpaired) electrons. The smallest absolute Gasteiger partial charge is 0.251 e. The highest BCUT2D eigenvalue weighted by molar-refractivity contribution is 7.98. The van der Waals surface area contributed by atoms with E-state index < -0.39 is 0 Å². The number of nitrogens with zero attached hydrogens (tertiary/aromatic N) is 1. The summed E-state index contributed by atoms with van der Waals surface area (Å²) in [5.41, 5.74) is 1.17. The fourth-order valence-electron chi connectivity index (χ4n) is 2.09. The molecule has 0 atom stereocenters. The minimum Gasteiger partial charge on any atom is -0.353 e. The standard InChI is InChI=1S/C16H15Cl2N3O2S/c17-12-4-1-9(5-13(12)18)8-24-16-20-11(7-15(23)21-16)6-14(22)19-10-2-3-10/h1,4-5,7,10H,2-3,6,8H2,(H,19,22)(H,20,21,23). The summed E-state index contributed by atoms with van der Waals surface area (Å²) in [5.74, 6) is 0.480. The molecule has 2 aromatic rings. The fourth-order valence-corrected chi connectivity index (χ4v) is 3.25. The van der Waals surface area contributed by atoms with Gasteiger partial charge < -0.3 is 10.3 Å². The normalized spacial score (nSPS) is 13.8. The van der Waals surface area contributed by atoms with Gasteiger partial charge in [0.1, 0.15) is 0 Å². The lowest BCUT2D eigenvalue weighted by molar-refractivity contribution is -0.120. The summed E-state index contributed by atoms with van der Waals surface area (Å²) >= 11 is 13.3. The Morgan fingerprint density at radius 3 is 2.79 bits per heavy atom. The van der Waals surface area contributed by atoms with Crippen LogP contribution in [0.5, 0.6) is 0 Å². The predicted octanol–water partition coefficient (Wildman–Crippen LogP) is 3.19. The van der Waals surface area contributed by atoms with E-state index in [-0.39, 0.29) is 17.9 Å². The van der Waals surface area contributed by atoms with E-state index in [1.165, 1.54) is 17.8 Å². The Bertz CT molecular complexity index is 821. The molecule has 1 heterocycles. The summed E-state index contributed by atoms with van der Waals surface area (Å²) in [7, 11) is 0. The van der Waals surface area contributed by atoms with Crippen molar-refractivity contribution in [3.05, 3.63) is 55.9 Å². The van der Waals surface area contributed by atoms with Gasteiger partial charge >= 0.3 is 0 Å². The molecular weight excluding hydrogens is 369 g/mol. The van der Waals surface area contributed by atoms with Crippen molar-refractivity contribution in [3.8, 4) is 0 Å². The maximum absolute atomic E-state index is 11.8. The third-order valence-corrected chi connectivity index (χ3v) is 5.10. The number of carbonyl (C=O) groups is 1. The van der Waals surface area contributed by atoms with Gasteiger partial charge in [-0.05, 0) is 30.5 Å². The lowest BCUT2D eigenvalue weighted by atomic mass is 10.2. The summed E-state index contributed by atoms with van der Waals surface area (Å²) in [6.07, 6.45) is 2.17. The van der Waals surface area contributed by atoms with E-state index in [0.717, 1.165) is 18.4 Å². The van der Waals surface area contributed by atoms with Gasteiger partial charge in [-0.15, -0.1) is 0 Å². The zero-order chi connectivity index (χ0) is 17.1. The lowest BCUT2D eigenvalue weighted by Gasteiger charge is -2.06. The molecule has 5 nitrogen and oxygen atoms in total. The molecule has 1 saturated carbocycles. The summed E-state index contributed by atoms with van der Waals surface area (Å²) in [5, 5.41) is 4.35. The van der Waals surface area contributed by atoms with Crippen LogP contribution in [0.1, 0.15) is 24.1 Å². The molecule has 126 valence electrons. The molecule has 1 aromatic heterocycles. The van der Waals surface area contributed by atoms with Gasteiger partial charge in [-0.1, -0.05) is 41.0 Å². The lowest BCUT2D eigenvalue weighted by Crippen LogP contribution is -2.28. The van der Waals surface area contributed by atoms with Crippen molar-refractivity contribution in [1.82, 2.24) is 15.3 Å². The number of carbonyl (C=O) groups excluding carboxylic acids is 1. The molecule has 8 heteroatoms. The SMILES string of the molecule is O=C(Cc1cc(=O)[nH]c(SCc2ccc(Cl)c(Cl)c2)n1)NC1CC1. The molecule has 1 fully saturated rings. The highest BCUT2D eigenvalue weighted by Gasteiger charge is 2.23. The van der Waals surface area contributed by atoms with Crippen LogP contribution in [-0.4, -0.2) is 21.9 Å². The molecular formula is C16H15Cl2N3O2S. The molecule has 2 N–H and O–H groups in total. The number of H-pyrrole nitrogens is 1. The van der Waals surface area contributed by atoms with Crippen molar-refractivity contribution in [2.24, 2.45) is 0 Å². The monoisotopic (exact) mass is 383 g/mol. The maximum atomic E-state index is 11.8. The molecule has 1 amide bonds.